The molecular formula is C11H8F3N3O. The van der Waals surface area contributed by atoms with Crippen LogP contribution in [0.5, 0.6) is 0 Å². The van der Waals surface area contributed by atoms with Crippen LogP contribution in [-0.4, -0.2) is 28.6 Å². The van der Waals surface area contributed by atoms with Gasteiger partial charge in [0, 0.05) is 17.1 Å². The van der Waals surface area contributed by atoms with Crippen LogP contribution < -0.4 is 5.32 Å². The lowest BCUT2D eigenvalue weighted by Crippen LogP contribution is -2.33. The monoisotopic (exact) mass is 255 g/mol. The van der Waals surface area contributed by atoms with Crippen molar-refractivity contribution in [1.29, 1.82) is 0 Å². The molecule has 1 heterocycles. The van der Waals surface area contributed by atoms with E-state index in [0.29, 0.717) is 10.9 Å². The molecule has 0 aliphatic heterocycles. The second kappa shape index (κ2) is 4.59. The summed E-state index contributed by atoms with van der Waals surface area (Å²) in [4.78, 5) is 19.2. The summed E-state index contributed by atoms with van der Waals surface area (Å²) in [7, 11) is 0. The zero-order valence-corrected chi connectivity index (χ0v) is 9.03. The topological polar surface area (TPSA) is 54.9 Å². The Morgan fingerprint density at radius 2 is 2.11 bits per heavy atom. The summed E-state index contributed by atoms with van der Waals surface area (Å²) in [6, 6.07) is 4.42. The van der Waals surface area contributed by atoms with E-state index in [9.17, 15) is 18.0 Å². The van der Waals surface area contributed by atoms with Gasteiger partial charge in [-0.25, -0.2) is 9.97 Å². The molecule has 2 aromatic rings. The van der Waals surface area contributed by atoms with Crippen molar-refractivity contribution in [2.45, 2.75) is 6.18 Å². The van der Waals surface area contributed by atoms with Crippen LogP contribution in [-0.2, 0) is 0 Å². The van der Waals surface area contributed by atoms with Gasteiger partial charge in [-0.3, -0.25) is 4.79 Å². The second-order valence-electron chi connectivity index (χ2n) is 3.59. The van der Waals surface area contributed by atoms with Gasteiger partial charge in [-0.2, -0.15) is 13.2 Å². The van der Waals surface area contributed by atoms with Gasteiger partial charge in [-0.15, -0.1) is 0 Å². The fourth-order valence-corrected chi connectivity index (χ4v) is 1.41. The highest BCUT2D eigenvalue weighted by Crippen LogP contribution is 2.14. The Balaban J connectivity index is 2.18. The number of hydrogen-bond acceptors (Lipinski definition) is 3. The zero-order valence-electron chi connectivity index (χ0n) is 9.03. The third kappa shape index (κ3) is 2.93. The molecule has 7 heteroatoms. The standard InChI is InChI=1S/C11H8F3N3O/c12-11(13,14)5-16-10(18)7-1-2-9-8(3-7)4-15-6-17-9/h1-4,6H,5H2,(H,16,18). The number of nitrogens with zero attached hydrogens (tertiary/aromatic N) is 2. The smallest absolute Gasteiger partial charge is 0.343 e. The Bertz CT molecular complexity index is 583. The number of aromatic nitrogens is 2. The van der Waals surface area contributed by atoms with Crippen molar-refractivity contribution in [3.63, 3.8) is 0 Å². The number of halogens is 3. The molecule has 0 saturated carbocycles. The van der Waals surface area contributed by atoms with E-state index in [1.165, 1.54) is 24.7 Å². The van der Waals surface area contributed by atoms with Gasteiger partial charge < -0.3 is 5.32 Å². The number of hydrogen-bond donors (Lipinski definition) is 1. The van der Waals surface area contributed by atoms with Gasteiger partial charge in [-0.05, 0) is 18.2 Å². The average Bonchev–Trinajstić information content (AvgIpc) is 2.34. The highest BCUT2D eigenvalue weighted by atomic mass is 19.4. The molecule has 0 radical (unpaired) electrons. The van der Waals surface area contributed by atoms with Crippen LogP contribution in [0.1, 0.15) is 10.4 Å². The number of carbonyl (C=O) groups is 1. The minimum Gasteiger partial charge on any atom is -0.343 e. The van der Waals surface area contributed by atoms with Crippen LogP contribution in [0.3, 0.4) is 0 Å². The number of benzene rings is 1. The van der Waals surface area contributed by atoms with Crippen LogP contribution in [0, 0.1) is 0 Å². The zero-order chi connectivity index (χ0) is 13.2. The second-order valence-corrected chi connectivity index (χ2v) is 3.59. The van der Waals surface area contributed by atoms with Crippen LogP contribution in [0.15, 0.2) is 30.7 Å². The molecule has 1 aromatic carbocycles. The molecular weight excluding hydrogens is 247 g/mol. The number of nitrogens with one attached hydrogen (secondary N) is 1. The van der Waals surface area contributed by atoms with E-state index >= 15 is 0 Å². The van der Waals surface area contributed by atoms with E-state index in [0.717, 1.165) is 0 Å². The molecule has 0 aliphatic rings. The van der Waals surface area contributed by atoms with Crippen molar-refractivity contribution in [3.8, 4) is 0 Å². The predicted molar refractivity (Wildman–Crippen MR) is 57.9 cm³/mol. The van der Waals surface area contributed by atoms with Crippen molar-refractivity contribution >= 4 is 16.8 Å². The third-order valence-electron chi connectivity index (χ3n) is 2.22. The lowest BCUT2D eigenvalue weighted by Gasteiger charge is -2.08. The van der Waals surface area contributed by atoms with Crippen molar-refractivity contribution < 1.29 is 18.0 Å². The van der Waals surface area contributed by atoms with E-state index in [4.69, 9.17) is 0 Å². The molecule has 0 fully saturated rings. The molecule has 94 valence electrons. The summed E-state index contributed by atoms with van der Waals surface area (Å²) >= 11 is 0. The lowest BCUT2D eigenvalue weighted by molar-refractivity contribution is -0.123. The van der Waals surface area contributed by atoms with Crippen molar-refractivity contribution in [2.24, 2.45) is 0 Å². The first-order valence-electron chi connectivity index (χ1n) is 5.00. The van der Waals surface area contributed by atoms with Crippen molar-refractivity contribution in [1.82, 2.24) is 15.3 Å². The van der Waals surface area contributed by atoms with E-state index in [2.05, 4.69) is 9.97 Å². The maximum Gasteiger partial charge on any atom is 0.405 e. The summed E-state index contributed by atoms with van der Waals surface area (Å²) in [6.45, 7) is -1.35. The summed E-state index contributed by atoms with van der Waals surface area (Å²) in [5, 5.41) is 2.39. The lowest BCUT2D eigenvalue weighted by atomic mass is 10.1. The average molecular weight is 255 g/mol. The molecule has 4 nitrogen and oxygen atoms in total. The molecule has 0 unspecified atom stereocenters. The third-order valence-corrected chi connectivity index (χ3v) is 2.22. The SMILES string of the molecule is O=C(NCC(F)(F)F)c1ccc2ncncc2c1. The Morgan fingerprint density at radius 3 is 2.83 bits per heavy atom. The molecule has 2 rings (SSSR count). The van der Waals surface area contributed by atoms with E-state index in [-0.39, 0.29) is 5.56 Å². The summed E-state index contributed by atoms with van der Waals surface area (Å²) in [5.74, 6) is -0.780. The van der Waals surface area contributed by atoms with Crippen LogP contribution in [0.4, 0.5) is 13.2 Å². The molecule has 1 amide bonds. The van der Waals surface area contributed by atoms with Gasteiger partial charge in [0.25, 0.3) is 5.91 Å². The van der Waals surface area contributed by atoms with Crippen LogP contribution in [0.25, 0.3) is 10.9 Å². The van der Waals surface area contributed by atoms with Crippen LogP contribution >= 0.6 is 0 Å². The summed E-state index contributed by atoms with van der Waals surface area (Å²) < 4.78 is 35.8. The number of carbonyl (C=O) groups excluding carboxylic acids is 1. The normalized spacial score (nSPS) is 11.5. The van der Waals surface area contributed by atoms with Crippen molar-refractivity contribution in [2.75, 3.05) is 6.54 Å². The minimum atomic E-state index is -4.42. The Hall–Kier alpha value is -2.18. The minimum absolute atomic E-state index is 0.140. The number of fused-ring (bicyclic) bond motifs is 1. The largest absolute Gasteiger partial charge is 0.405 e. The van der Waals surface area contributed by atoms with Gasteiger partial charge in [0.2, 0.25) is 0 Å². The van der Waals surface area contributed by atoms with Gasteiger partial charge in [-0.1, -0.05) is 0 Å². The van der Waals surface area contributed by atoms with Gasteiger partial charge in [0.15, 0.2) is 0 Å². The van der Waals surface area contributed by atoms with Gasteiger partial charge >= 0.3 is 6.18 Å². The van der Waals surface area contributed by atoms with Crippen LogP contribution in [0.2, 0.25) is 0 Å². The van der Waals surface area contributed by atoms with Gasteiger partial charge in [0.05, 0.1) is 5.52 Å². The highest BCUT2D eigenvalue weighted by Gasteiger charge is 2.27. The molecule has 1 aromatic heterocycles. The number of rotatable bonds is 2. The predicted octanol–water partition coefficient (Wildman–Crippen LogP) is 1.92. The van der Waals surface area contributed by atoms with E-state index < -0.39 is 18.6 Å². The molecule has 0 spiro atoms. The molecule has 0 saturated heterocycles. The first kappa shape index (κ1) is 12.3. The number of amides is 1. The van der Waals surface area contributed by atoms with E-state index in [1.807, 2.05) is 0 Å². The maximum atomic E-state index is 11.9. The fourth-order valence-electron chi connectivity index (χ4n) is 1.41. The van der Waals surface area contributed by atoms with E-state index in [1.54, 1.807) is 11.4 Å². The highest BCUT2D eigenvalue weighted by molar-refractivity contribution is 5.97. The fraction of sp³-hybridized carbons (Fsp3) is 0.182. The molecule has 0 bridgehead atoms. The van der Waals surface area contributed by atoms with Crippen molar-refractivity contribution in [3.05, 3.63) is 36.3 Å². The Morgan fingerprint density at radius 1 is 1.33 bits per heavy atom. The number of alkyl halides is 3. The summed E-state index contributed by atoms with van der Waals surface area (Å²) in [5.41, 5.74) is 0.763. The quantitative estimate of drug-likeness (QED) is 0.892. The first-order chi connectivity index (χ1) is 8.46. The Labute approximate surface area is 99.9 Å². The Kier molecular flexibility index (Phi) is 3.14. The summed E-state index contributed by atoms with van der Waals surface area (Å²) in [6.07, 6.45) is -1.58. The molecule has 0 atom stereocenters. The van der Waals surface area contributed by atoms with Gasteiger partial charge in [0.1, 0.15) is 12.9 Å². The molecule has 0 aliphatic carbocycles. The molecule has 1 N–H and O–H groups in total. The molecule has 18 heavy (non-hydrogen) atoms. The first-order valence-corrected chi connectivity index (χ1v) is 5.00. The maximum absolute atomic E-state index is 11.9.